The third-order valence-corrected chi connectivity index (χ3v) is 3.61. The monoisotopic (exact) mass is 356 g/mol. The van der Waals surface area contributed by atoms with E-state index in [0.717, 1.165) is 50.3 Å². The van der Waals surface area contributed by atoms with Crippen molar-refractivity contribution in [2.75, 3.05) is 26.2 Å². The standard InChI is InChI=1S/C15H19F3N2.2ClH/c1-2-3-14(20-10-8-19-9-11-20)12-4-6-13(7-5-12)15(16,17)18;;/h2,4-7,14,19H,1,3,8-11H2;2*1H/t14-;;/m1../s1. The fourth-order valence-electron chi connectivity index (χ4n) is 2.54. The molecule has 1 aliphatic heterocycles. The van der Waals surface area contributed by atoms with E-state index in [0.29, 0.717) is 0 Å². The molecule has 0 aromatic heterocycles. The Hall–Kier alpha value is -0.750. The number of hydrogen-bond acceptors (Lipinski definition) is 2. The van der Waals surface area contributed by atoms with Gasteiger partial charge in [-0.3, -0.25) is 4.90 Å². The zero-order valence-electron chi connectivity index (χ0n) is 12.1. The lowest BCUT2D eigenvalue weighted by Crippen LogP contribution is -2.45. The maximum Gasteiger partial charge on any atom is 0.416 e. The summed E-state index contributed by atoms with van der Waals surface area (Å²) in [7, 11) is 0. The third kappa shape index (κ3) is 5.47. The van der Waals surface area contributed by atoms with Crippen LogP contribution in [0.3, 0.4) is 0 Å². The van der Waals surface area contributed by atoms with Crippen molar-refractivity contribution in [1.29, 1.82) is 0 Å². The molecule has 126 valence electrons. The quantitative estimate of drug-likeness (QED) is 0.818. The van der Waals surface area contributed by atoms with Crippen molar-refractivity contribution in [2.45, 2.75) is 18.6 Å². The topological polar surface area (TPSA) is 15.3 Å². The van der Waals surface area contributed by atoms with Gasteiger partial charge in [0, 0.05) is 32.2 Å². The van der Waals surface area contributed by atoms with Crippen LogP contribution in [0, 0.1) is 0 Å². The average molecular weight is 357 g/mol. The molecule has 1 atom stereocenters. The van der Waals surface area contributed by atoms with Crippen LogP contribution in [0.15, 0.2) is 36.9 Å². The molecule has 1 aromatic rings. The van der Waals surface area contributed by atoms with E-state index in [4.69, 9.17) is 0 Å². The van der Waals surface area contributed by atoms with Crippen molar-refractivity contribution in [2.24, 2.45) is 0 Å². The van der Waals surface area contributed by atoms with Gasteiger partial charge in [-0.05, 0) is 24.1 Å². The molecule has 1 fully saturated rings. The minimum atomic E-state index is -4.28. The molecule has 0 radical (unpaired) electrons. The molecule has 1 aliphatic rings. The smallest absolute Gasteiger partial charge is 0.314 e. The lowest BCUT2D eigenvalue weighted by Gasteiger charge is -2.35. The lowest BCUT2D eigenvalue weighted by molar-refractivity contribution is -0.137. The van der Waals surface area contributed by atoms with Gasteiger partial charge < -0.3 is 5.32 Å². The molecule has 1 N–H and O–H groups in total. The molecule has 1 aromatic carbocycles. The Balaban J connectivity index is 0.00000220. The number of hydrogen-bond donors (Lipinski definition) is 1. The predicted molar refractivity (Wildman–Crippen MR) is 87.9 cm³/mol. The summed E-state index contributed by atoms with van der Waals surface area (Å²) in [4.78, 5) is 2.29. The number of rotatable bonds is 4. The number of nitrogens with zero attached hydrogens (tertiary/aromatic N) is 1. The second kappa shape index (κ2) is 9.40. The summed E-state index contributed by atoms with van der Waals surface area (Å²) >= 11 is 0. The molecule has 1 saturated heterocycles. The third-order valence-electron chi connectivity index (χ3n) is 3.61. The summed E-state index contributed by atoms with van der Waals surface area (Å²) in [6.07, 6.45) is -1.71. The second-order valence-electron chi connectivity index (χ2n) is 4.95. The Labute approximate surface area is 141 Å². The minimum absolute atomic E-state index is 0. The Morgan fingerprint density at radius 2 is 1.68 bits per heavy atom. The van der Waals surface area contributed by atoms with Gasteiger partial charge in [-0.25, -0.2) is 0 Å². The highest BCUT2D eigenvalue weighted by Crippen LogP contribution is 2.31. The van der Waals surface area contributed by atoms with Crippen LogP contribution in [0.1, 0.15) is 23.6 Å². The first-order valence-corrected chi connectivity index (χ1v) is 6.75. The first-order chi connectivity index (χ1) is 9.52. The van der Waals surface area contributed by atoms with E-state index >= 15 is 0 Å². The Kier molecular flexibility index (Phi) is 9.08. The molecular formula is C15H21Cl2F3N2. The van der Waals surface area contributed by atoms with Gasteiger partial charge in [0.25, 0.3) is 0 Å². The molecule has 0 spiro atoms. The number of nitrogens with one attached hydrogen (secondary N) is 1. The molecule has 0 saturated carbocycles. The van der Waals surface area contributed by atoms with E-state index in [1.54, 1.807) is 12.1 Å². The Bertz CT molecular complexity index is 443. The maximum atomic E-state index is 12.6. The Morgan fingerprint density at radius 3 is 2.14 bits per heavy atom. The molecule has 0 aliphatic carbocycles. The summed E-state index contributed by atoms with van der Waals surface area (Å²) in [6.45, 7) is 7.38. The summed E-state index contributed by atoms with van der Waals surface area (Å²) in [5.74, 6) is 0. The van der Waals surface area contributed by atoms with Crippen LogP contribution >= 0.6 is 24.8 Å². The minimum Gasteiger partial charge on any atom is -0.314 e. The van der Waals surface area contributed by atoms with Gasteiger partial charge in [0.05, 0.1) is 5.56 Å². The molecule has 22 heavy (non-hydrogen) atoms. The van der Waals surface area contributed by atoms with Gasteiger partial charge in [-0.1, -0.05) is 18.2 Å². The molecule has 0 unspecified atom stereocenters. The highest BCUT2D eigenvalue weighted by molar-refractivity contribution is 5.85. The average Bonchev–Trinajstić information content (AvgIpc) is 2.45. The van der Waals surface area contributed by atoms with Crippen LogP contribution in [0.5, 0.6) is 0 Å². The van der Waals surface area contributed by atoms with Gasteiger partial charge in [0.1, 0.15) is 0 Å². The number of halogens is 5. The highest BCUT2D eigenvalue weighted by atomic mass is 35.5. The second-order valence-corrected chi connectivity index (χ2v) is 4.95. The summed E-state index contributed by atoms with van der Waals surface area (Å²) in [5.41, 5.74) is 0.318. The zero-order valence-corrected chi connectivity index (χ0v) is 13.7. The first-order valence-electron chi connectivity index (χ1n) is 6.75. The molecule has 0 amide bonds. The van der Waals surface area contributed by atoms with Crippen molar-refractivity contribution in [3.05, 3.63) is 48.0 Å². The van der Waals surface area contributed by atoms with Gasteiger partial charge in [-0.2, -0.15) is 13.2 Å². The fraction of sp³-hybridized carbons (Fsp3) is 0.467. The molecule has 0 bridgehead atoms. The van der Waals surface area contributed by atoms with E-state index in [9.17, 15) is 13.2 Å². The first kappa shape index (κ1) is 21.2. The van der Waals surface area contributed by atoms with Gasteiger partial charge >= 0.3 is 6.18 Å². The highest BCUT2D eigenvalue weighted by Gasteiger charge is 2.30. The maximum absolute atomic E-state index is 12.6. The van der Waals surface area contributed by atoms with Gasteiger partial charge in [0.15, 0.2) is 0 Å². The van der Waals surface area contributed by atoms with Crippen LogP contribution in [0.25, 0.3) is 0 Å². The van der Waals surface area contributed by atoms with Crippen LogP contribution < -0.4 is 5.32 Å². The van der Waals surface area contributed by atoms with Crippen LogP contribution in [-0.2, 0) is 6.18 Å². The van der Waals surface area contributed by atoms with Crippen molar-refractivity contribution in [1.82, 2.24) is 10.2 Å². The van der Waals surface area contributed by atoms with E-state index < -0.39 is 11.7 Å². The molecule has 1 heterocycles. The number of alkyl halides is 3. The number of piperazine rings is 1. The van der Waals surface area contributed by atoms with Gasteiger partial charge in [0.2, 0.25) is 0 Å². The largest absolute Gasteiger partial charge is 0.416 e. The summed E-state index contributed by atoms with van der Waals surface area (Å²) < 4.78 is 37.8. The van der Waals surface area contributed by atoms with Crippen molar-refractivity contribution < 1.29 is 13.2 Å². The van der Waals surface area contributed by atoms with E-state index in [-0.39, 0.29) is 30.9 Å². The fourth-order valence-corrected chi connectivity index (χ4v) is 2.54. The molecule has 7 heteroatoms. The molecule has 2 rings (SSSR count). The lowest BCUT2D eigenvalue weighted by atomic mass is 9.99. The van der Waals surface area contributed by atoms with Crippen LogP contribution in [0.2, 0.25) is 0 Å². The van der Waals surface area contributed by atoms with Gasteiger partial charge in [-0.15, -0.1) is 31.4 Å². The van der Waals surface area contributed by atoms with Crippen molar-refractivity contribution >= 4 is 24.8 Å². The number of benzene rings is 1. The molecule has 2 nitrogen and oxygen atoms in total. The van der Waals surface area contributed by atoms with E-state index in [1.165, 1.54) is 0 Å². The summed E-state index contributed by atoms with van der Waals surface area (Å²) in [5, 5.41) is 3.28. The SMILES string of the molecule is C=CC[C@H](c1ccc(C(F)(F)F)cc1)N1CCNCC1.Cl.Cl. The van der Waals surface area contributed by atoms with Crippen molar-refractivity contribution in [3.63, 3.8) is 0 Å². The Morgan fingerprint density at radius 1 is 1.14 bits per heavy atom. The van der Waals surface area contributed by atoms with Crippen molar-refractivity contribution in [3.8, 4) is 0 Å². The van der Waals surface area contributed by atoms with E-state index in [2.05, 4.69) is 16.8 Å². The molecular weight excluding hydrogens is 336 g/mol. The van der Waals surface area contributed by atoms with E-state index in [1.807, 2.05) is 6.08 Å². The predicted octanol–water partition coefficient (Wildman–Crippen LogP) is 4.07. The van der Waals surface area contributed by atoms with Crippen LogP contribution in [0.4, 0.5) is 13.2 Å². The summed E-state index contributed by atoms with van der Waals surface area (Å²) in [6, 6.07) is 5.59. The van der Waals surface area contributed by atoms with Crippen LogP contribution in [-0.4, -0.2) is 31.1 Å². The zero-order chi connectivity index (χ0) is 14.6. The normalized spacial score (nSPS) is 17.0.